The van der Waals surface area contributed by atoms with E-state index < -0.39 is 40.6 Å². The summed E-state index contributed by atoms with van der Waals surface area (Å²) in [5.41, 5.74) is 1.59. The van der Waals surface area contributed by atoms with E-state index in [9.17, 15) is 32.3 Å². The number of Topliss-reactive ketones (excluding diaryl/α,β-unsaturated/α-hetero) is 1. The minimum absolute atomic E-state index is 0.0943. The minimum Gasteiger partial charge on any atom is -0.355 e. The largest absolute Gasteiger partial charge is 0.433 e. The van der Waals surface area contributed by atoms with E-state index in [4.69, 9.17) is 5.10 Å². The van der Waals surface area contributed by atoms with E-state index in [-0.39, 0.29) is 48.3 Å². The van der Waals surface area contributed by atoms with Crippen LogP contribution in [0.3, 0.4) is 0 Å². The standard InChI is InChI=1S/C40H41F3N8O4/c1-20-10-13-27(40(41,42)43)47-34(20)48-36(55)32-33-38(3)37-39(33,38)19-46-28(53)9-7-5-4-6-8-23-14-24(25-16-44-35(45-17-25)22-11-12-22)15-26-30(21(2)52)49-50(31(23)26)18-29(54)51(32)37/h10,13-17,22,32-33,37H,4-9,11-12,18-19H2,1-3H3,(H,46,53)(H,47,48,55)/t32-,33?,37+,38-,39+/m0/s1. The lowest BCUT2D eigenvalue weighted by Crippen LogP contribution is -2.45. The molecule has 3 aromatic heterocycles. The van der Waals surface area contributed by atoms with Crippen LogP contribution >= 0.6 is 0 Å². The zero-order chi connectivity index (χ0) is 38.6. The number of alkyl halides is 3. The van der Waals surface area contributed by atoms with Crippen LogP contribution in [0.25, 0.3) is 22.0 Å². The van der Waals surface area contributed by atoms with Crippen LogP contribution < -0.4 is 10.6 Å². The molecule has 3 amide bonds. The molecule has 2 N–H and O–H groups in total. The number of hydrogen-bond donors (Lipinski definition) is 2. The summed E-state index contributed by atoms with van der Waals surface area (Å²) >= 11 is 0. The van der Waals surface area contributed by atoms with Gasteiger partial charge in [0.2, 0.25) is 17.7 Å². The predicted octanol–water partition coefficient (Wildman–Crippen LogP) is 5.77. The number of piperidine rings is 1. The van der Waals surface area contributed by atoms with Crippen LogP contribution in [0.5, 0.6) is 0 Å². The van der Waals surface area contributed by atoms with E-state index in [0.717, 1.165) is 60.7 Å². The highest BCUT2D eigenvalue weighted by molar-refractivity contribution is 6.07. The number of amides is 3. The number of hydrogen-bond acceptors (Lipinski definition) is 8. The highest BCUT2D eigenvalue weighted by Gasteiger charge is 3.03. The number of carbonyl (C=O) groups excluding carboxylic acids is 4. The average molecular weight is 755 g/mol. The molecule has 0 radical (unpaired) electrons. The lowest BCUT2D eigenvalue weighted by Gasteiger charge is -2.24. The van der Waals surface area contributed by atoms with Gasteiger partial charge >= 0.3 is 6.18 Å². The molecular weight excluding hydrogens is 713 g/mol. The number of halogens is 3. The molecule has 3 aliphatic carbocycles. The second-order valence-corrected chi connectivity index (χ2v) is 16.2. The molecule has 4 aromatic rings. The molecule has 5 fully saturated rings. The fraction of sp³-hybridized carbons (Fsp3) is 0.500. The first kappa shape index (κ1) is 35.5. The Hall–Kier alpha value is -5.21. The molecular formula is C40H41F3N8O4. The molecule has 3 aliphatic heterocycles. The van der Waals surface area contributed by atoms with Gasteiger partial charge in [0, 0.05) is 71.9 Å². The third-order valence-corrected chi connectivity index (χ3v) is 12.8. The molecule has 5 atom stereocenters. The molecule has 2 saturated heterocycles. The van der Waals surface area contributed by atoms with Crippen LogP contribution in [0.15, 0.2) is 36.7 Å². The molecule has 286 valence electrons. The first-order valence-electron chi connectivity index (χ1n) is 19.0. The van der Waals surface area contributed by atoms with Crippen LogP contribution in [-0.2, 0) is 33.5 Å². The van der Waals surface area contributed by atoms with E-state index in [1.807, 2.05) is 19.1 Å². The van der Waals surface area contributed by atoms with Crippen molar-refractivity contribution < 1.29 is 32.3 Å². The Morgan fingerprint density at radius 3 is 2.42 bits per heavy atom. The minimum atomic E-state index is -4.72. The van der Waals surface area contributed by atoms with Gasteiger partial charge in [-0.1, -0.05) is 25.8 Å². The fourth-order valence-electron chi connectivity index (χ4n) is 9.87. The topological polar surface area (TPSA) is 152 Å². The van der Waals surface area contributed by atoms with Gasteiger partial charge in [0.15, 0.2) is 5.78 Å². The third-order valence-electron chi connectivity index (χ3n) is 12.8. The Balaban J connectivity index is 1.10. The van der Waals surface area contributed by atoms with E-state index in [1.54, 1.807) is 28.9 Å². The maximum Gasteiger partial charge on any atom is 0.433 e. The summed E-state index contributed by atoms with van der Waals surface area (Å²) in [6, 6.07) is 4.64. The molecule has 55 heavy (non-hydrogen) atoms. The fourth-order valence-corrected chi connectivity index (χ4v) is 9.87. The SMILES string of the molecule is CC(=O)c1nn2c3c(cc(-c4cnc(C5CC5)nc4)cc13)CCCCCCC(=O)NC[C@@]13C4[C@@H](C(=O)Nc5nc(C(F)(F)F)ccc5C)N(C(=O)C2)[C@@H]1[C@]43C. The number of nitrogens with zero attached hydrogens (tertiary/aromatic N) is 6. The molecule has 3 saturated carbocycles. The highest BCUT2D eigenvalue weighted by atomic mass is 19.4. The molecule has 6 aliphatic rings. The second-order valence-electron chi connectivity index (χ2n) is 16.2. The van der Waals surface area contributed by atoms with Crippen LogP contribution in [0.2, 0.25) is 0 Å². The maximum atomic E-state index is 14.6. The number of benzene rings is 1. The quantitative estimate of drug-likeness (QED) is 0.244. The van der Waals surface area contributed by atoms with Crippen LogP contribution in [0, 0.1) is 23.7 Å². The summed E-state index contributed by atoms with van der Waals surface area (Å²) in [5.74, 6) is -0.752. The van der Waals surface area contributed by atoms with Gasteiger partial charge in [-0.05, 0) is 73.9 Å². The van der Waals surface area contributed by atoms with Crippen molar-refractivity contribution >= 4 is 40.2 Å². The molecule has 10 rings (SSSR count). The van der Waals surface area contributed by atoms with Crippen molar-refractivity contribution in [3.05, 3.63) is 65.0 Å². The Kier molecular flexibility index (Phi) is 8.00. The van der Waals surface area contributed by atoms with Crippen molar-refractivity contribution in [2.75, 3.05) is 11.9 Å². The summed E-state index contributed by atoms with van der Waals surface area (Å²) in [7, 11) is 0. The van der Waals surface area contributed by atoms with Crippen LogP contribution in [-0.4, -0.2) is 71.8 Å². The number of rotatable bonds is 5. The Morgan fingerprint density at radius 1 is 1.00 bits per heavy atom. The van der Waals surface area contributed by atoms with E-state index in [2.05, 4.69) is 25.6 Å². The van der Waals surface area contributed by atoms with E-state index >= 15 is 0 Å². The zero-order valence-corrected chi connectivity index (χ0v) is 30.8. The maximum absolute atomic E-state index is 14.6. The number of aryl methyl sites for hydroxylation is 2. The first-order valence-corrected chi connectivity index (χ1v) is 19.0. The smallest absolute Gasteiger partial charge is 0.355 e. The second kappa shape index (κ2) is 12.4. The summed E-state index contributed by atoms with van der Waals surface area (Å²) in [4.78, 5) is 69.4. The molecule has 15 heteroatoms. The van der Waals surface area contributed by atoms with Gasteiger partial charge in [-0.3, -0.25) is 23.9 Å². The highest BCUT2D eigenvalue weighted by Crippen LogP contribution is 2.96. The summed E-state index contributed by atoms with van der Waals surface area (Å²) < 4.78 is 42.3. The van der Waals surface area contributed by atoms with Gasteiger partial charge in [0.1, 0.15) is 35.6 Å². The zero-order valence-electron chi connectivity index (χ0n) is 30.8. The molecule has 4 bridgehead atoms. The number of ketones is 1. The lowest BCUT2D eigenvalue weighted by atomic mass is 9.96. The monoisotopic (exact) mass is 754 g/mol. The average Bonchev–Trinajstić information content (AvgIpc) is 4.05. The Morgan fingerprint density at radius 2 is 1.73 bits per heavy atom. The van der Waals surface area contributed by atoms with Gasteiger partial charge in [0.05, 0.1) is 5.52 Å². The van der Waals surface area contributed by atoms with Crippen molar-refractivity contribution in [2.24, 2.45) is 16.7 Å². The lowest BCUT2D eigenvalue weighted by molar-refractivity contribution is -0.141. The Bertz CT molecular complexity index is 2300. The van der Waals surface area contributed by atoms with Crippen molar-refractivity contribution in [1.82, 2.24) is 34.9 Å². The van der Waals surface area contributed by atoms with Crippen LogP contribution in [0.4, 0.5) is 19.0 Å². The number of pyridine rings is 1. The molecule has 6 heterocycles. The van der Waals surface area contributed by atoms with E-state index in [0.29, 0.717) is 41.6 Å². The predicted molar refractivity (Wildman–Crippen MR) is 194 cm³/mol. The Labute approximate surface area is 314 Å². The van der Waals surface area contributed by atoms with Crippen molar-refractivity contribution in [3.63, 3.8) is 0 Å². The van der Waals surface area contributed by atoms with Gasteiger partial charge in [-0.15, -0.1) is 0 Å². The number of carbonyl (C=O) groups is 4. The van der Waals surface area contributed by atoms with Crippen molar-refractivity contribution in [3.8, 4) is 11.1 Å². The van der Waals surface area contributed by atoms with Gasteiger partial charge < -0.3 is 15.5 Å². The van der Waals surface area contributed by atoms with Crippen LogP contribution in [0.1, 0.15) is 97.8 Å². The first-order chi connectivity index (χ1) is 26.2. The number of aromatic nitrogens is 5. The van der Waals surface area contributed by atoms with Crippen molar-refractivity contribution in [2.45, 2.75) is 103 Å². The number of nitrogens with one attached hydrogen (secondary N) is 2. The van der Waals surface area contributed by atoms with E-state index in [1.165, 1.54) is 13.0 Å². The normalized spacial score (nSPS) is 27.7. The molecule has 1 spiro atoms. The number of anilines is 1. The summed E-state index contributed by atoms with van der Waals surface area (Å²) in [5, 5.41) is 11.0. The van der Waals surface area contributed by atoms with Gasteiger partial charge in [-0.25, -0.2) is 15.0 Å². The van der Waals surface area contributed by atoms with Gasteiger partial charge in [0.25, 0.3) is 0 Å². The molecule has 1 aromatic carbocycles. The summed E-state index contributed by atoms with van der Waals surface area (Å²) in [6.07, 6.45) is 5.25. The summed E-state index contributed by atoms with van der Waals surface area (Å²) in [6.45, 7) is 4.98. The molecule has 12 nitrogen and oxygen atoms in total. The third kappa shape index (κ3) is 5.55. The van der Waals surface area contributed by atoms with Crippen molar-refractivity contribution in [1.29, 1.82) is 0 Å². The molecule has 1 unspecified atom stereocenters. The van der Waals surface area contributed by atoms with Gasteiger partial charge in [-0.2, -0.15) is 18.3 Å².